The van der Waals surface area contributed by atoms with E-state index in [1.807, 2.05) is 18.7 Å². The minimum absolute atomic E-state index is 0.247. The van der Waals surface area contributed by atoms with E-state index in [-0.39, 0.29) is 5.92 Å². The van der Waals surface area contributed by atoms with Crippen molar-refractivity contribution in [2.75, 3.05) is 11.5 Å². The molecule has 0 N–H and O–H groups in total. The molecule has 1 unspecified atom stereocenters. The van der Waals surface area contributed by atoms with Gasteiger partial charge in [0.25, 0.3) is 0 Å². The van der Waals surface area contributed by atoms with E-state index in [9.17, 15) is 4.79 Å². The van der Waals surface area contributed by atoms with Crippen LogP contribution in [0.3, 0.4) is 0 Å². The van der Waals surface area contributed by atoms with Crippen LogP contribution in [-0.4, -0.2) is 17.3 Å². The van der Waals surface area contributed by atoms with Gasteiger partial charge in [0.15, 0.2) is 0 Å². The fourth-order valence-corrected chi connectivity index (χ4v) is 1.87. The predicted octanol–water partition coefficient (Wildman–Crippen LogP) is 2.74. The van der Waals surface area contributed by atoms with Crippen molar-refractivity contribution in [3.8, 4) is 0 Å². The van der Waals surface area contributed by atoms with E-state index in [4.69, 9.17) is 0 Å². The molecule has 0 saturated carbocycles. The first kappa shape index (κ1) is 11.0. The molecule has 0 heterocycles. The largest absolute Gasteiger partial charge is 0.300 e. The van der Waals surface area contributed by atoms with Gasteiger partial charge in [0.05, 0.1) is 0 Å². The van der Waals surface area contributed by atoms with Crippen LogP contribution in [0.5, 0.6) is 0 Å². The highest BCUT2D eigenvalue weighted by Gasteiger charge is 2.05. The number of carbonyl (C=O) groups is 1. The first-order valence-electron chi connectivity index (χ1n) is 4.26. The third-order valence-electron chi connectivity index (χ3n) is 1.70. The van der Waals surface area contributed by atoms with Crippen LogP contribution in [0.4, 0.5) is 0 Å². The first-order valence-corrected chi connectivity index (χ1v) is 5.42. The van der Waals surface area contributed by atoms with Gasteiger partial charge in [-0.25, -0.2) is 0 Å². The highest BCUT2D eigenvalue weighted by molar-refractivity contribution is 7.99. The zero-order chi connectivity index (χ0) is 8.69. The van der Waals surface area contributed by atoms with Gasteiger partial charge in [0.2, 0.25) is 0 Å². The Morgan fingerprint density at radius 2 is 2.18 bits per heavy atom. The van der Waals surface area contributed by atoms with Gasteiger partial charge in [0.1, 0.15) is 5.78 Å². The normalized spacial score (nSPS) is 13.0. The summed E-state index contributed by atoms with van der Waals surface area (Å²) in [7, 11) is 0. The molecular formula is C9H18OS. The molecule has 0 saturated heterocycles. The fourth-order valence-electron chi connectivity index (χ4n) is 0.624. The topological polar surface area (TPSA) is 17.1 Å². The Labute approximate surface area is 73.9 Å². The number of Topliss-reactive ketones (excluding diaryl/α,β-unsaturated/α-hetero) is 1. The zero-order valence-corrected chi connectivity index (χ0v) is 8.54. The standard InChI is InChI=1S/C9H18OS/c1-4-5-6-11-7-8(2)9(3)10/h8H,4-7H2,1-3H3. The van der Waals surface area contributed by atoms with Gasteiger partial charge in [-0.3, -0.25) is 4.79 Å². The van der Waals surface area contributed by atoms with Crippen LogP contribution in [-0.2, 0) is 4.79 Å². The van der Waals surface area contributed by atoms with Crippen LogP contribution >= 0.6 is 11.8 Å². The lowest BCUT2D eigenvalue weighted by molar-refractivity contribution is -0.119. The number of thioether (sulfide) groups is 1. The summed E-state index contributed by atoms with van der Waals surface area (Å²) in [4.78, 5) is 10.8. The summed E-state index contributed by atoms with van der Waals surface area (Å²) in [5, 5.41) is 0. The van der Waals surface area contributed by atoms with Crippen LogP contribution in [0.25, 0.3) is 0 Å². The second kappa shape index (κ2) is 6.71. The minimum atomic E-state index is 0.247. The number of carbonyl (C=O) groups excluding carboxylic acids is 1. The lowest BCUT2D eigenvalue weighted by Crippen LogP contribution is -2.09. The molecule has 0 rings (SSSR count). The first-order chi connectivity index (χ1) is 5.18. The maximum atomic E-state index is 10.8. The molecule has 0 spiro atoms. The lowest BCUT2D eigenvalue weighted by atomic mass is 10.1. The van der Waals surface area contributed by atoms with Crippen LogP contribution in [0.2, 0.25) is 0 Å². The number of unbranched alkanes of at least 4 members (excludes halogenated alkanes) is 1. The maximum absolute atomic E-state index is 10.8. The van der Waals surface area contributed by atoms with Crippen LogP contribution in [0.15, 0.2) is 0 Å². The minimum Gasteiger partial charge on any atom is -0.300 e. The summed E-state index contributed by atoms with van der Waals surface area (Å²) in [6, 6.07) is 0. The van der Waals surface area contributed by atoms with Crippen LogP contribution in [0.1, 0.15) is 33.6 Å². The Bertz CT molecular complexity index is 112. The third kappa shape index (κ3) is 6.42. The summed E-state index contributed by atoms with van der Waals surface area (Å²) < 4.78 is 0. The van der Waals surface area contributed by atoms with E-state index in [0.717, 1.165) is 5.75 Å². The van der Waals surface area contributed by atoms with Crippen LogP contribution < -0.4 is 0 Å². The molecule has 0 bridgehead atoms. The van der Waals surface area contributed by atoms with Gasteiger partial charge in [-0.1, -0.05) is 20.3 Å². The van der Waals surface area contributed by atoms with Gasteiger partial charge >= 0.3 is 0 Å². The molecule has 66 valence electrons. The Morgan fingerprint density at radius 1 is 1.55 bits per heavy atom. The van der Waals surface area contributed by atoms with E-state index < -0.39 is 0 Å². The molecule has 0 aromatic heterocycles. The molecule has 2 heteroatoms. The van der Waals surface area contributed by atoms with Gasteiger partial charge in [-0.15, -0.1) is 0 Å². The maximum Gasteiger partial charge on any atom is 0.133 e. The third-order valence-corrected chi connectivity index (χ3v) is 3.02. The molecular weight excluding hydrogens is 156 g/mol. The Kier molecular flexibility index (Phi) is 6.73. The summed E-state index contributed by atoms with van der Waals surface area (Å²) in [5.74, 6) is 2.76. The van der Waals surface area contributed by atoms with E-state index >= 15 is 0 Å². The summed E-state index contributed by atoms with van der Waals surface area (Å²) in [5.41, 5.74) is 0. The summed E-state index contributed by atoms with van der Waals surface area (Å²) >= 11 is 1.89. The fraction of sp³-hybridized carbons (Fsp3) is 0.889. The van der Waals surface area contributed by atoms with Gasteiger partial charge in [-0.05, 0) is 19.1 Å². The molecule has 0 radical (unpaired) electrons. The lowest BCUT2D eigenvalue weighted by Gasteiger charge is -2.05. The van der Waals surface area contributed by atoms with Crippen molar-refractivity contribution >= 4 is 17.5 Å². The number of hydrogen-bond acceptors (Lipinski definition) is 2. The smallest absolute Gasteiger partial charge is 0.133 e. The van der Waals surface area contributed by atoms with Crippen molar-refractivity contribution < 1.29 is 4.79 Å². The molecule has 0 aromatic carbocycles. The second-order valence-corrected chi connectivity index (χ2v) is 4.09. The molecule has 1 nitrogen and oxygen atoms in total. The molecule has 0 aliphatic carbocycles. The molecule has 1 atom stereocenters. The Morgan fingerprint density at radius 3 is 2.64 bits per heavy atom. The van der Waals surface area contributed by atoms with Crippen molar-refractivity contribution in [3.63, 3.8) is 0 Å². The average molecular weight is 174 g/mol. The van der Waals surface area contributed by atoms with Crippen molar-refractivity contribution in [3.05, 3.63) is 0 Å². The van der Waals surface area contributed by atoms with E-state index in [2.05, 4.69) is 6.92 Å². The number of ketones is 1. The predicted molar refractivity (Wildman–Crippen MR) is 52.1 cm³/mol. The van der Waals surface area contributed by atoms with Gasteiger partial charge in [-0.2, -0.15) is 11.8 Å². The highest BCUT2D eigenvalue weighted by Crippen LogP contribution is 2.10. The SMILES string of the molecule is CCCCSCC(C)C(C)=O. The quantitative estimate of drug-likeness (QED) is 0.576. The second-order valence-electron chi connectivity index (χ2n) is 2.94. The van der Waals surface area contributed by atoms with Gasteiger partial charge in [0, 0.05) is 11.7 Å². The molecule has 0 aliphatic heterocycles. The number of hydrogen-bond donors (Lipinski definition) is 0. The van der Waals surface area contributed by atoms with Crippen molar-refractivity contribution in [1.82, 2.24) is 0 Å². The average Bonchev–Trinajstić information content (AvgIpc) is 1.97. The molecule has 0 aromatic rings. The van der Waals surface area contributed by atoms with Crippen molar-refractivity contribution in [2.45, 2.75) is 33.6 Å². The molecule has 11 heavy (non-hydrogen) atoms. The Balaban J connectivity index is 3.17. The zero-order valence-electron chi connectivity index (χ0n) is 7.72. The number of rotatable bonds is 6. The van der Waals surface area contributed by atoms with E-state index in [1.165, 1.54) is 18.6 Å². The summed E-state index contributed by atoms with van der Waals surface area (Å²) in [6.45, 7) is 5.86. The monoisotopic (exact) mass is 174 g/mol. The van der Waals surface area contributed by atoms with Crippen molar-refractivity contribution in [2.24, 2.45) is 5.92 Å². The summed E-state index contributed by atoms with van der Waals surface area (Å²) in [6.07, 6.45) is 2.52. The molecule has 0 fully saturated rings. The molecule has 0 amide bonds. The van der Waals surface area contributed by atoms with Gasteiger partial charge < -0.3 is 0 Å². The van der Waals surface area contributed by atoms with Crippen LogP contribution in [0, 0.1) is 5.92 Å². The molecule has 0 aliphatic rings. The Hall–Kier alpha value is 0.0200. The van der Waals surface area contributed by atoms with Crippen molar-refractivity contribution in [1.29, 1.82) is 0 Å². The highest BCUT2D eigenvalue weighted by atomic mass is 32.2. The van der Waals surface area contributed by atoms with E-state index in [0.29, 0.717) is 5.78 Å². The van der Waals surface area contributed by atoms with E-state index in [1.54, 1.807) is 6.92 Å².